The summed E-state index contributed by atoms with van der Waals surface area (Å²) in [6.07, 6.45) is 5.40. The molecule has 0 radical (unpaired) electrons. The molecule has 88 valence electrons. The molecule has 0 aliphatic heterocycles. The van der Waals surface area contributed by atoms with Crippen LogP contribution in [0.15, 0.2) is 0 Å². The highest BCUT2D eigenvalue weighted by molar-refractivity contribution is 5.79. The second-order valence-electron chi connectivity index (χ2n) is 4.81. The van der Waals surface area contributed by atoms with E-state index in [1.54, 1.807) is 0 Å². The van der Waals surface area contributed by atoms with Crippen LogP contribution in [0.3, 0.4) is 0 Å². The summed E-state index contributed by atoms with van der Waals surface area (Å²) in [5.74, 6) is 0.791. The van der Waals surface area contributed by atoms with E-state index in [1.165, 1.54) is 6.42 Å². The van der Waals surface area contributed by atoms with E-state index >= 15 is 0 Å². The second-order valence-corrected chi connectivity index (χ2v) is 4.81. The molecule has 3 atom stereocenters. The van der Waals surface area contributed by atoms with Crippen LogP contribution in [0.1, 0.15) is 46.0 Å². The maximum Gasteiger partial charge on any atom is 0.224 e. The van der Waals surface area contributed by atoms with Gasteiger partial charge in [-0.15, -0.1) is 0 Å². The Morgan fingerprint density at radius 2 is 2.13 bits per heavy atom. The summed E-state index contributed by atoms with van der Waals surface area (Å²) in [5, 5.41) is 3.01. The lowest BCUT2D eigenvalue weighted by atomic mass is 9.84. The largest absolute Gasteiger partial charge is 0.356 e. The molecule has 0 aromatic carbocycles. The number of carbonyl (C=O) groups is 1. The van der Waals surface area contributed by atoms with E-state index in [0.717, 1.165) is 32.2 Å². The Morgan fingerprint density at radius 3 is 2.73 bits per heavy atom. The minimum Gasteiger partial charge on any atom is -0.356 e. The first kappa shape index (κ1) is 12.5. The monoisotopic (exact) mass is 212 g/mol. The van der Waals surface area contributed by atoms with Gasteiger partial charge in [0.1, 0.15) is 0 Å². The van der Waals surface area contributed by atoms with Crippen molar-refractivity contribution in [2.24, 2.45) is 17.6 Å². The van der Waals surface area contributed by atoms with E-state index < -0.39 is 0 Å². The molecule has 0 saturated heterocycles. The molecule has 1 fully saturated rings. The van der Waals surface area contributed by atoms with Crippen LogP contribution in [0.4, 0.5) is 0 Å². The van der Waals surface area contributed by atoms with Gasteiger partial charge < -0.3 is 11.1 Å². The summed E-state index contributed by atoms with van der Waals surface area (Å²) < 4.78 is 0. The zero-order chi connectivity index (χ0) is 11.3. The fraction of sp³-hybridized carbons (Fsp3) is 0.917. The molecule has 0 heterocycles. The zero-order valence-electron chi connectivity index (χ0n) is 9.96. The highest BCUT2D eigenvalue weighted by atomic mass is 16.1. The first-order valence-corrected chi connectivity index (χ1v) is 6.18. The van der Waals surface area contributed by atoms with Gasteiger partial charge in [0.05, 0.1) is 5.92 Å². The van der Waals surface area contributed by atoms with Gasteiger partial charge in [-0.1, -0.05) is 33.1 Å². The average Bonchev–Trinajstić information content (AvgIpc) is 2.26. The fourth-order valence-corrected chi connectivity index (χ4v) is 2.04. The smallest absolute Gasteiger partial charge is 0.224 e. The van der Waals surface area contributed by atoms with Crippen LogP contribution >= 0.6 is 0 Å². The second kappa shape index (κ2) is 6.11. The number of nitrogens with two attached hydrogens (primary N) is 1. The van der Waals surface area contributed by atoms with Gasteiger partial charge in [-0.05, 0) is 18.8 Å². The molecular formula is C12H24N2O. The fourth-order valence-electron chi connectivity index (χ4n) is 2.04. The number of amides is 1. The molecule has 1 aliphatic rings. The minimum absolute atomic E-state index is 0.0582. The van der Waals surface area contributed by atoms with Crippen molar-refractivity contribution >= 4 is 5.91 Å². The molecule has 3 N–H and O–H groups in total. The number of carbonyl (C=O) groups excluding carboxylic acids is 1. The summed E-state index contributed by atoms with van der Waals surface area (Å²) >= 11 is 0. The number of hydrogen-bond donors (Lipinski definition) is 2. The van der Waals surface area contributed by atoms with Gasteiger partial charge in [-0.2, -0.15) is 0 Å². The van der Waals surface area contributed by atoms with Crippen molar-refractivity contribution in [1.82, 2.24) is 5.32 Å². The summed E-state index contributed by atoms with van der Waals surface area (Å²) in [5.41, 5.74) is 5.96. The van der Waals surface area contributed by atoms with Gasteiger partial charge in [0.25, 0.3) is 0 Å². The summed E-state index contributed by atoms with van der Waals surface area (Å²) in [6.45, 7) is 5.09. The van der Waals surface area contributed by atoms with Crippen LogP contribution in [0.25, 0.3) is 0 Å². The summed E-state index contributed by atoms with van der Waals surface area (Å²) in [7, 11) is 0. The highest BCUT2D eigenvalue weighted by Gasteiger charge is 2.27. The minimum atomic E-state index is 0.0582. The van der Waals surface area contributed by atoms with Crippen molar-refractivity contribution < 1.29 is 4.79 Å². The Bertz CT molecular complexity index is 206. The molecule has 0 spiro atoms. The molecule has 3 unspecified atom stereocenters. The lowest BCUT2D eigenvalue weighted by Gasteiger charge is -2.27. The zero-order valence-corrected chi connectivity index (χ0v) is 9.96. The van der Waals surface area contributed by atoms with Crippen molar-refractivity contribution in [3.8, 4) is 0 Å². The summed E-state index contributed by atoms with van der Waals surface area (Å²) in [4.78, 5) is 11.8. The van der Waals surface area contributed by atoms with Gasteiger partial charge >= 0.3 is 0 Å². The van der Waals surface area contributed by atoms with E-state index in [0.29, 0.717) is 5.92 Å². The van der Waals surface area contributed by atoms with Crippen LogP contribution in [-0.4, -0.2) is 18.5 Å². The predicted molar refractivity (Wildman–Crippen MR) is 62.4 cm³/mol. The molecule has 1 amide bonds. The molecule has 3 nitrogen and oxygen atoms in total. The van der Waals surface area contributed by atoms with Gasteiger partial charge in [-0.25, -0.2) is 0 Å². The SMILES string of the molecule is CCC(C)CNC(=O)C1CCCCC1N. The van der Waals surface area contributed by atoms with E-state index in [1.807, 2.05) is 0 Å². The van der Waals surface area contributed by atoms with E-state index in [4.69, 9.17) is 5.73 Å². The molecule has 1 rings (SSSR count). The molecular weight excluding hydrogens is 188 g/mol. The first-order chi connectivity index (χ1) is 7.15. The van der Waals surface area contributed by atoms with Crippen LogP contribution in [-0.2, 0) is 4.79 Å². The van der Waals surface area contributed by atoms with Crippen LogP contribution in [0.2, 0.25) is 0 Å². The Kier molecular flexibility index (Phi) is 5.09. The van der Waals surface area contributed by atoms with E-state index in [-0.39, 0.29) is 17.9 Å². The molecule has 0 aromatic rings. The van der Waals surface area contributed by atoms with Crippen LogP contribution < -0.4 is 11.1 Å². The maximum absolute atomic E-state index is 11.8. The third-order valence-corrected chi connectivity index (χ3v) is 3.48. The number of hydrogen-bond acceptors (Lipinski definition) is 2. The first-order valence-electron chi connectivity index (χ1n) is 6.18. The lowest BCUT2D eigenvalue weighted by Crippen LogP contribution is -2.44. The van der Waals surface area contributed by atoms with Crippen molar-refractivity contribution in [2.45, 2.75) is 52.0 Å². The average molecular weight is 212 g/mol. The molecule has 1 saturated carbocycles. The molecule has 0 aromatic heterocycles. The number of rotatable bonds is 4. The topological polar surface area (TPSA) is 55.1 Å². The van der Waals surface area contributed by atoms with Gasteiger partial charge in [-0.3, -0.25) is 4.79 Å². The van der Waals surface area contributed by atoms with Crippen molar-refractivity contribution in [2.75, 3.05) is 6.54 Å². The normalized spacial score (nSPS) is 28.5. The molecule has 1 aliphatic carbocycles. The molecule has 3 heteroatoms. The predicted octanol–water partition coefficient (Wildman–Crippen LogP) is 1.67. The summed E-state index contributed by atoms with van der Waals surface area (Å²) in [6, 6.07) is 0.0793. The van der Waals surface area contributed by atoms with Crippen molar-refractivity contribution in [3.05, 3.63) is 0 Å². The van der Waals surface area contributed by atoms with Gasteiger partial charge in [0.15, 0.2) is 0 Å². The van der Waals surface area contributed by atoms with Crippen LogP contribution in [0.5, 0.6) is 0 Å². The Labute approximate surface area is 92.8 Å². The van der Waals surface area contributed by atoms with Crippen molar-refractivity contribution in [3.63, 3.8) is 0 Å². The lowest BCUT2D eigenvalue weighted by molar-refractivity contribution is -0.126. The third kappa shape index (κ3) is 3.82. The standard InChI is InChI=1S/C12H24N2O/c1-3-9(2)8-14-12(15)10-6-4-5-7-11(10)13/h9-11H,3-8,13H2,1-2H3,(H,14,15). The molecule has 0 bridgehead atoms. The Hall–Kier alpha value is -0.570. The van der Waals surface area contributed by atoms with Crippen molar-refractivity contribution in [1.29, 1.82) is 0 Å². The molecule has 15 heavy (non-hydrogen) atoms. The van der Waals surface area contributed by atoms with E-state index in [2.05, 4.69) is 19.2 Å². The Balaban J connectivity index is 2.32. The highest BCUT2D eigenvalue weighted by Crippen LogP contribution is 2.22. The number of nitrogens with one attached hydrogen (secondary N) is 1. The van der Waals surface area contributed by atoms with Gasteiger partial charge in [0, 0.05) is 12.6 Å². The van der Waals surface area contributed by atoms with Crippen LogP contribution in [0, 0.1) is 11.8 Å². The Morgan fingerprint density at radius 1 is 1.47 bits per heavy atom. The third-order valence-electron chi connectivity index (χ3n) is 3.48. The van der Waals surface area contributed by atoms with Gasteiger partial charge in [0.2, 0.25) is 5.91 Å². The van der Waals surface area contributed by atoms with E-state index in [9.17, 15) is 4.79 Å². The maximum atomic E-state index is 11.8. The quantitative estimate of drug-likeness (QED) is 0.744.